The Morgan fingerprint density at radius 3 is 2.41 bits per heavy atom. The molecule has 3 rings (SSSR count). The zero-order chi connectivity index (χ0) is 19.8. The predicted molar refractivity (Wildman–Crippen MR) is 96.1 cm³/mol. The van der Waals surface area contributed by atoms with E-state index < -0.39 is 26.0 Å². The summed E-state index contributed by atoms with van der Waals surface area (Å²) in [5.74, 6) is -0.550. The van der Waals surface area contributed by atoms with Gasteiger partial charge in [0.1, 0.15) is 0 Å². The van der Waals surface area contributed by atoms with Crippen molar-refractivity contribution in [2.24, 2.45) is 0 Å². The first-order valence-corrected chi connectivity index (χ1v) is 11.0. The standard InChI is InChI=1S/C16H19N3O6S2/c1-17-26(21,22)14-5-3-4-11-10-19(9-8-12(11)14)16(20)13-6-7-15(25-13)27(23,24)18-2/h3-7,17-18H,8-10H2,1-2H3. The Morgan fingerprint density at radius 2 is 1.74 bits per heavy atom. The summed E-state index contributed by atoms with van der Waals surface area (Å²) in [5.41, 5.74) is 1.40. The summed E-state index contributed by atoms with van der Waals surface area (Å²) in [6, 6.07) is 7.45. The Morgan fingerprint density at radius 1 is 1.04 bits per heavy atom. The average Bonchev–Trinajstić information content (AvgIpc) is 3.17. The molecule has 0 unspecified atom stereocenters. The first-order valence-electron chi connectivity index (χ1n) is 8.06. The molecule has 2 aromatic rings. The van der Waals surface area contributed by atoms with Gasteiger partial charge in [-0.2, -0.15) is 0 Å². The highest BCUT2D eigenvalue weighted by molar-refractivity contribution is 7.89. The van der Waals surface area contributed by atoms with Gasteiger partial charge in [-0.3, -0.25) is 4.79 Å². The maximum atomic E-state index is 12.7. The Labute approximate surface area is 157 Å². The number of rotatable bonds is 5. The molecule has 11 heteroatoms. The van der Waals surface area contributed by atoms with Crippen LogP contribution in [0.25, 0.3) is 0 Å². The molecular formula is C16H19N3O6S2. The Hall–Kier alpha value is -2.21. The van der Waals surface area contributed by atoms with E-state index in [2.05, 4.69) is 9.44 Å². The monoisotopic (exact) mass is 413 g/mol. The number of furan rings is 1. The lowest BCUT2D eigenvalue weighted by Gasteiger charge is -2.29. The van der Waals surface area contributed by atoms with Crippen molar-refractivity contribution >= 4 is 26.0 Å². The predicted octanol–water partition coefficient (Wildman–Crippen LogP) is 0.294. The van der Waals surface area contributed by atoms with Crippen LogP contribution < -0.4 is 9.44 Å². The third-order valence-corrected chi connectivity index (χ3v) is 7.18. The van der Waals surface area contributed by atoms with E-state index in [0.29, 0.717) is 12.0 Å². The summed E-state index contributed by atoms with van der Waals surface area (Å²) in [6.45, 7) is 0.493. The largest absolute Gasteiger partial charge is 0.438 e. The minimum atomic E-state index is -3.78. The van der Waals surface area contributed by atoms with Crippen molar-refractivity contribution in [3.05, 3.63) is 47.2 Å². The molecule has 0 fully saturated rings. The summed E-state index contributed by atoms with van der Waals surface area (Å²) >= 11 is 0. The molecule has 2 N–H and O–H groups in total. The lowest BCUT2D eigenvalue weighted by atomic mass is 9.99. The van der Waals surface area contributed by atoms with E-state index >= 15 is 0 Å². The maximum Gasteiger partial charge on any atom is 0.289 e. The summed E-state index contributed by atoms with van der Waals surface area (Å²) in [7, 11) is -4.77. The topological polar surface area (TPSA) is 126 Å². The van der Waals surface area contributed by atoms with Crippen molar-refractivity contribution in [1.82, 2.24) is 14.3 Å². The van der Waals surface area contributed by atoms with Crippen LogP contribution in [0.1, 0.15) is 21.7 Å². The van der Waals surface area contributed by atoms with E-state index in [4.69, 9.17) is 4.42 Å². The van der Waals surface area contributed by atoms with Gasteiger partial charge in [0.25, 0.3) is 15.9 Å². The molecule has 27 heavy (non-hydrogen) atoms. The SMILES string of the molecule is CNS(=O)(=O)c1ccc(C(=O)N2CCc3c(cccc3S(=O)(=O)NC)C2)o1. The molecule has 0 saturated heterocycles. The molecule has 1 aliphatic rings. The Kier molecular flexibility index (Phi) is 5.12. The van der Waals surface area contributed by atoms with Crippen LogP contribution in [0.5, 0.6) is 0 Å². The van der Waals surface area contributed by atoms with Gasteiger partial charge in [0.15, 0.2) is 5.76 Å². The Balaban J connectivity index is 1.87. The lowest BCUT2D eigenvalue weighted by Crippen LogP contribution is -2.36. The van der Waals surface area contributed by atoms with Crippen molar-refractivity contribution in [1.29, 1.82) is 0 Å². The minimum Gasteiger partial charge on any atom is -0.438 e. The van der Waals surface area contributed by atoms with Crippen LogP contribution in [-0.2, 0) is 33.0 Å². The number of fused-ring (bicyclic) bond motifs is 1. The van der Waals surface area contributed by atoms with Gasteiger partial charge in [-0.25, -0.2) is 26.3 Å². The number of nitrogens with zero attached hydrogens (tertiary/aromatic N) is 1. The van der Waals surface area contributed by atoms with Crippen molar-refractivity contribution in [3.8, 4) is 0 Å². The van der Waals surface area contributed by atoms with E-state index in [0.717, 1.165) is 5.56 Å². The third kappa shape index (κ3) is 3.63. The number of sulfonamides is 2. The zero-order valence-corrected chi connectivity index (χ0v) is 16.4. The van der Waals surface area contributed by atoms with Crippen LogP contribution in [0.2, 0.25) is 0 Å². The molecule has 1 amide bonds. The summed E-state index contributed by atoms with van der Waals surface area (Å²) < 4.78 is 57.4. The molecule has 1 aromatic heterocycles. The quantitative estimate of drug-likeness (QED) is 0.726. The van der Waals surface area contributed by atoms with Crippen LogP contribution in [-0.4, -0.2) is 48.3 Å². The molecule has 0 aliphatic carbocycles. The van der Waals surface area contributed by atoms with E-state index in [1.54, 1.807) is 12.1 Å². The van der Waals surface area contributed by atoms with Gasteiger partial charge in [0.05, 0.1) is 4.90 Å². The molecule has 0 atom stereocenters. The average molecular weight is 413 g/mol. The van der Waals surface area contributed by atoms with Gasteiger partial charge in [-0.05, 0) is 49.8 Å². The highest BCUT2D eigenvalue weighted by Gasteiger charge is 2.29. The van der Waals surface area contributed by atoms with Gasteiger partial charge < -0.3 is 9.32 Å². The second-order valence-electron chi connectivity index (χ2n) is 5.90. The van der Waals surface area contributed by atoms with Gasteiger partial charge in [-0.1, -0.05) is 12.1 Å². The van der Waals surface area contributed by atoms with E-state index in [1.807, 2.05) is 0 Å². The van der Waals surface area contributed by atoms with Gasteiger partial charge in [-0.15, -0.1) is 0 Å². The number of hydrogen-bond donors (Lipinski definition) is 2. The maximum absolute atomic E-state index is 12.7. The molecule has 0 spiro atoms. The molecule has 146 valence electrons. The zero-order valence-electron chi connectivity index (χ0n) is 14.7. The fourth-order valence-electron chi connectivity index (χ4n) is 2.95. The smallest absolute Gasteiger partial charge is 0.289 e. The highest BCUT2D eigenvalue weighted by Crippen LogP contribution is 2.27. The summed E-state index contributed by atoms with van der Waals surface area (Å²) in [5, 5.41) is -0.340. The third-order valence-electron chi connectivity index (χ3n) is 4.39. The second kappa shape index (κ2) is 7.08. The van der Waals surface area contributed by atoms with Crippen LogP contribution >= 0.6 is 0 Å². The first-order chi connectivity index (χ1) is 12.7. The fraction of sp³-hybridized carbons (Fsp3) is 0.312. The number of carbonyl (C=O) groups excluding carboxylic acids is 1. The molecule has 0 bridgehead atoms. The van der Waals surface area contributed by atoms with Crippen molar-refractivity contribution in [3.63, 3.8) is 0 Å². The molecule has 1 aliphatic heterocycles. The lowest BCUT2D eigenvalue weighted by molar-refractivity contribution is 0.0696. The van der Waals surface area contributed by atoms with Gasteiger partial charge in [0.2, 0.25) is 15.1 Å². The fourth-order valence-corrected chi connectivity index (χ4v) is 4.63. The summed E-state index contributed by atoms with van der Waals surface area (Å²) in [4.78, 5) is 14.4. The molecule has 0 radical (unpaired) electrons. The van der Waals surface area contributed by atoms with Crippen LogP contribution in [0.3, 0.4) is 0 Å². The van der Waals surface area contributed by atoms with E-state index in [9.17, 15) is 21.6 Å². The highest BCUT2D eigenvalue weighted by atomic mass is 32.2. The van der Waals surface area contributed by atoms with Crippen LogP contribution in [0.4, 0.5) is 0 Å². The molecular weight excluding hydrogens is 394 g/mol. The van der Waals surface area contributed by atoms with Crippen molar-refractivity contribution in [2.75, 3.05) is 20.6 Å². The molecule has 9 nitrogen and oxygen atoms in total. The molecule has 2 heterocycles. The number of amides is 1. The number of hydrogen-bond acceptors (Lipinski definition) is 6. The van der Waals surface area contributed by atoms with Crippen molar-refractivity contribution in [2.45, 2.75) is 23.0 Å². The molecule has 1 aromatic carbocycles. The Bertz CT molecular complexity index is 1090. The van der Waals surface area contributed by atoms with Gasteiger partial charge >= 0.3 is 0 Å². The van der Waals surface area contributed by atoms with E-state index in [-0.39, 0.29) is 28.8 Å². The minimum absolute atomic E-state index is 0.0914. The van der Waals surface area contributed by atoms with E-state index in [1.165, 1.54) is 37.2 Å². The normalized spacial score (nSPS) is 14.8. The first kappa shape index (κ1) is 19.5. The number of benzene rings is 1. The van der Waals surface area contributed by atoms with Crippen LogP contribution in [0.15, 0.2) is 44.7 Å². The number of nitrogens with one attached hydrogen (secondary N) is 2. The summed E-state index contributed by atoms with van der Waals surface area (Å²) in [6.07, 6.45) is 0.362. The molecule has 0 saturated carbocycles. The van der Waals surface area contributed by atoms with Crippen LogP contribution in [0, 0.1) is 0 Å². The van der Waals surface area contributed by atoms with Crippen molar-refractivity contribution < 1.29 is 26.0 Å². The second-order valence-corrected chi connectivity index (χ2v) is 9.58. The number of carbonyl (C=O) groups is 1. The van der Waals surface area contributed by atoms with Gasteiger partial charge in [0, 0.05) is 13.1 Å².